The maximum atomic E-state index is 11.6. The predicted molar refractivity (Wildman–Crippen MR) is 92.8 cm³/mol. The largest absolute Gasteiger partial charge is 0.493 e. The molecule has 0 aliphatic carbocycles. The van der Waals surface area contributed by atoms with Gasteiger partial charge in [0, 0.05) is 5.02 Å². The van der Waals surface area contributed by atoms with Crippen LogP contribution in [0.2, 0.25) is 5.02 Å². The Kier molecular flexibility index (Phi) is 5.90. The molecule has 0 spiro atoms. The molecule has 6 heteroatoms. The first kappa shape index (κ1) is 16.9. The summed E-state index contributed by atoms with van der Waals surface area (Å²) < 4.78 is 16.6. The molecule has 2 aromatic rings. The molecular weight excluding hydrogens is 419 g/mol. The van der Waals surface area contributed by atoms with Gasteiger partial charge in [-0.1, -0.05) is 23.7 Å². The fourth-order valence-corrected chi connectivity index (χ4v) is 2.71. The number of halogens is 2. The predicted octanol–water partition coefficient (Wildman–Crippen LogP) is 4.32. The van der Waals surface area contributed by atoms with E-state index in [0.717, 1.165) is 9.13 Å². The van der Waals surface area contributed by atoms with Crippen LogP contribution in [0, 0.1) is 3.57 Å². The van der Waals surface area contributed by atoms with Crippen molar-refractivity contribution in [2.75, 3.05) is 14.2 Å². The molecule has 116 valence electrons. The van der Waals surface area contributed by atoms with Gasteiger partial charge in [-0.05, 0) is 52.4 Å². The molecule has 2 aromatic carbocycles. The van der Waals surface area contributed by atoms with Gasteiger partial charge in [-0.3, -0.25) is 0 Å². The van der Waals surface area contributed by atoms with Gasteiger partial charge < -0.3 is 14.2 Å². The number of rotatable bonds is 5. The quantitative estimate of drug-likeness (QED) is 0.521. The van der Waals surface area contributed by atoms with Gasteiger partial charge in [-0.25, -0.2) is 4.79 Å². The Bertz CT molecular complexity index is 671. The van der Waals surface area contributed by atoms with Gasteiger partial charge in [0.05, 0.1) is 23.4 Å². The maximum absolute atomic E-state index is 11.6. The molecule has 0 bridgehead atoms. The molecule has 0 aliphatic heterocycles. The normalized spacial score (nSPS) is 10.2. The van der Waals surface area contributed by atoms with Gasteiger partial charge in [0.15, 0.2) is 11.5 Å². The van der Waals surface area contributed by atoms with Crippen molar-refractivity contribution in [1.82, 2.24) is 0 Å². The zero-order chi connectivity index (χ0) is 16.1. The lowest BCUT2D eigenvalue weighted by Crippen LogP contribution is -2.05. The van der Waals surface area contributed by atoms with E-state index >= 15 is 0 Å². The van der Waals surface area contributed by atoms with Gasteiger partial charge in [0.2, 0.25) is 0 Å². The van der Waals surface area contributed by atoms with Gasteiger partial charge in [0.25, 0.3) is 0 Å². The smallest absolute Gasteiger partial charge is 0.338 e. The Morgan fingerprint density at radius 1 is 1.18 bits per heavy atom. The summed E-state index contributed by atoms with van der Waals surface area (Å²) in [6, 6.07) is 10.7. The van der Waals surface area contributed by atoms with Gasteiger partial charge in [-0.2, -0.15) is 0 Å². The maximum Gasteiger partial charge on any atom is 0.338 e. The summed E-state index contributed by atoms with van der Waals surface area (Å²) in [5.74, 6) is 0.660. The highest BCUT2D eigenvalue weighted by Crippen LogP contribution is 2.34. The Labute approximate surface area is 147 Å². The molecule has 0 unspecified atom stereocenters. The minimum atomic E-state index is -0.416. The van der Waals surface area contributed by atoms with Crippen molar-refractivity contribution in [1.29, 1.82) is 0 Å². The van der Waals surface area contributed by atoms with Crippen molar-refractivity contribution in [3.63, 3.8) is 0 Å². The van der Waals surface area contributed by atoms with Crippen molar-refractivity contribution in [2.24, 2.45) is 0 Å². The third kappa shape index (κ3) is 4.04. The highest BCUT2D eigenvalue weighted by Gasteiger charge is 2.16. The first-order chi connectivity index (χ1) is 10.5. The monoisotopic (exact) mass is 432 g/mol. The zero-order valence-electron chi connectivity index (χ0n) is 12.1. The van der Waals surface area contributed by atoms with Crippen LogP contribution in [0.3, 0.4) is 0 Å². The van der Waals surface area contributed by atoms with Crippen LogP contribution in [0.25, 0.3) is 0 Å². The fraction of sp³-hybridized carbons (Fsp3) is 0.188. The van der Waals surface area contributed by atoms with E-state index in [1.807, 2.05) is 24.3 Å². The first-order valence-corrected chi connectivity index (χ1v) is 7.84. The van der Waals surface area contributed by atoms with E-state index in [1.54, 1.807) is 12.1 Å². The summed E-state index contributed by atoms with van der Waals surface area (Å²) in [5.41, 5.74) is 1.40. The highest BCUT2D eigenvalue weighted by molar-refractivity contribution is 14.1. The van der Waals surface area contributed by atoms with Gasteiger partial charge >= 0.3 is 5.97 Å². The molecule has 2 rings (SSSR count). The van der Waals surface area contributed by atoms with Crippen LogP contribution in [0.1, 0.15) is 15.9 Å². The van der Waals surface area contributed by atoms with Crippen LogP contribution < -0.4 is 9.47 Å². The second-order valence-corrected chi connectivity index (χ2v) is 5.99. The number of carbonyl (C=O) groups is 1. The SMILES string of the molecule is COC(=O)c1cc(I)c(OCc2ccc(Cl)cc2)c(OC)c1. The third-order valence-corrected chi connectivity index (χ3v) is 4.00. The van der Waals surface area contributed by atoms with Crippen molar-refractivity contribution in [3.05, 3.63) is 56.1 Å². The molecule has 0 heterocycles. The second-order valence-electron chi connectivity index (χ2n) is 4.40. The topological polar surface area (TPSA) is 44.8 Å². The number of hydrogen-bond donors (Lipinski definition) is 0. The summed E-state index contributed by atoms with van der Waals surface area (Å²) in [7, 11) is 2.87. The molecule has 4 nitrogen and oxygen atoms in total. The molecule has 22 heavy (non-hydrogen) atoms. The number of methoxy groups -OCH3 is 2. The summed E-state index contributed by atoms with van der Waals surface area (Å²) in [5, 5.41) is 0.679. The van der Waals surface area contributed by atoms with E-state index < -0.39 is 5.97 Å². The number of ether oxygens (including phenoxy) is 3. The molecule has 0 aliphatic rings. The van der Waals surface area contributed by atoms with Crippen LogP contribution in [-0.4, -0.2) is 20.2 Å². The molecule has 0 N–H and O–H groups in total. The average Bonchev–Trinajstić information content (AvgIpc) is 2.53. The highest BCUT2D eigenvalue weighted by atomic mass is 127. The molecule has 0 fully saturated rings. The number of carbonyl (C=O) groups excluding carboxylic acids is 1. The van der Waals surface area contributed by atoms with E-state index in [-0.39, 0.29) is 0 Å². The van der Waals surface area contributed by atoms with Crippen LogP contribution in [0.15, 0.2) is 36.4 Å². The van der Waals surface area contributed by atoms with Crippen molar-refractivity contribution in [3.8, 4) is 11.5 Å². The van der Waals surface area contributed by atoms with Crippen molar-refractivity contribution >= 4 is 40.2 Å². The molecule has 0 amide bonds. The van der Waals surface area contributed by atoms with Crippen molar-refractivity contribution < 1.29 is 19.0 Å². The molecular formula is C16H14ClIO4. The van der Waals surface area contributed by atoms with Gasteiger partial charge in [0.1, 0.15) is 6.61 Å². The van der Waals surface area contributed by atoms with Crippen molar-refractivity contribution in [2.45, 2.75) is 6.61 Å². The van der Waals surface area contributed by atoms with Crippen LogP contribution in [-0.2, 0) is 11.3 Å². The summed E-state index contributed by atoms with van der Waals surface area (Å²) in [4.78, 5) is 11.6. The lowest BCUT2D eigenvalue weighted by Gasteiger charge is -2.14. The molecule has 0 saturated heterocycles. The number of benzene rings is 2. The lowest BCUT2D eigenvalue weighted by atomic mass is 10.2. The summed E-state index contributed by atoms with van der Waals surface area (Å²) >= 11 is 7.96. The zero-order valence-corrected chi connectivity index (χ0v) is 15.0. The second kappa shape index (κ2) is 7.69. The number of esters is 1. The van der Waals surface area contributed by atoms with E-state index in [2.05, 4.69) is 22.6 Å². The molecule has 0 saturated carbocycles. The van der Waals surface area contributed by atoms with E-state index in [1.165, 1.54) is 14.2 Å². The Morgan fingerprint density at radius 2 is 1.86 bits per heavy atom. The van der Waals surface area contributed by atoms with E-state index in [9.17, 15) is 4.79 Å². The standard InChI is InChI=1S/C16H14ClIO4/c1-20-14-8-11(16(19)21-2)7-13(18)15(14)22-9-10-3-5-12(17)6-4-10/h3-8H,9H2,1-2H3. The number of hydrogen-bond acceptors (Lipinski definition) is 4. The molecule has 0 atom stereocenters. The fourth-order valence-electron chi connectivity index (χ4n) is 1.83. The first-order valence-electron chi connectivity index (χ1n) is 6.38. The minimum absolute atomic E-state index is 0.376. The summed E-state index contributed by atoms with van der Waals surface area (Å²) in [6.07, 6.45) is 0. The average molecular weight is 433 g/mol. The van der Waals surface area contributed by atoms with Crippen LogP contribution in [0.5, 0.6) is 11.5 Å². The minimum Gasteiger partial charge on any atom is -0.493 e. The Morgan fingerprint density at radius 3 is 2.45 bits per heavy atom. The molecule has 0 aromatic heterocycles. The van der Waals surface area contributed by atoms with Gasteiger partial charge in [-0.15, -0.1) is 0 Å². The Hall–Kier alpha value is -1.47. The third-order valence-electron chi connectivity index (χ3n) is 2.95. The van der Waals surface area contributed by atoms with E-state index in [4.69, 9.17) is 25.8 Å². The lowest BCUT2D eigenvalue weighted by molar-refractivity contribution is 0.0600. The van der Waals surface area contributed by atoms with Crippen LogP contribution >= 0.6 is 34.2 Å². The van der Waals surface area contributed by atoms with Crippen LogP contribution in [0.4, 0.5) is 0 Å². The Balaban J connectivity index is 2.23. The summed E-state index contributed by atoms with van der Waals surface area (Å²) in [6.45, 7) is 0.376. The molecule has 0 radical (unpaired) electrons. The van der Waals surface area contributed by atoms with E-state index in [0.29, 0.717) is 28.7 Å².